The molecule has 0 aromatic carbocycles. The van der Waals surface area contributed by atoms with Gasteiger partial charge in [0.05, 0.1) is 12.3 Å². The summed E-state index contributed by atoms with van der Waals surface area (Å²) < 4.78 is 1.32. The summed E-state index contributed by atoms with van der Waals surface area (Å²) in [5.74, 6) is 0.360. The molecule has 0 aliphatic rings. The maximum Gasteiger partial charge on any atom is 0.162 e. The first kappa shape index (κ1) is 7.74. The zero-order chi connectivity index (χ0) is 8.27. The maximum atomic E-state index is 8.41. The van der Waals surface area contributed by atoms with Gasteiger partial charge in [-0.3, -0.25) is 0 Å². The minimum atomic E-state index is -0.0441. The molecule has 0 amide bonds. The number of nitrogens with two attached hydrogens (primary N) is 2. The van der Waals surface area contributed by atoms with E-state index in [0.29, 0.717) is 11.5 Å². The Hall–Kier alpha value is -1.36. The summed E-state index contributed by atoms with van der Waals surface area (Å²) in [6.07, 6.45) is 1.60. The molecule has 1 heterocycles. The van der Waals surface area contributed by atoms with Gasteiger partial charge in [-0.05, 0) is 6.07 Å². The van der Waals surface area contributed by atoms with Gasteiger partial charge in [-0.15, -0.1) is 0 Å². The third kappa shape index (κ3) is 1.56. The van der Waals surface area contributed by atoms with Gasteiger partial charge in [-0.1, -0.05) is 0 Å². The molecule has 0 radical (unpaired) electrons. The third-order valence-electron chi connectivity index (χ3n) is 1.24. The van der Waals surface area contributed by atoms with E-state index in [9.17, 15) is 0 Å². The van der Waals surface area contributed by atoms with Crippen molar-refractivity contribution in [3.63, 3.8) is 0 Å². The van der Waals surface area contributed by atoms with Gasteiger partial charge in [0.2, 0.25) is 0 Å². The third-order valence-corrected chi connectivity index (χ3v) is 1.24. The molecule has 5 nitrogen and oxygen atoms in total. The fourth-order valence-electron chi connectivity index (χ4n) is 0.693. The Balaban J connectivity index is 2.63. The van der Waals surface area contributed by atoms with Crippen LogP contribution in [0.4, 0.5) is 11.5 Å². The number of aliphatic hydroxyl groups excluding tert-OH is 1. The van der Waals surface area contributed by atoms with Gasteiger partial charge in [-0.25, -0.2) is 0 Å². The summed E-state index contributed by atoms with van der Waals surface area (Å²) in [6.45, 7) is 0.163. The predicted octanol–water partition coefficient (Wildman–Crippen LogP) is -0.927. The van der Waals surface area contributed by atoms with Crippen LogP contribution in [-0.2, 0) is 0 Å². The van der Waals surface area contributed by atoms with Crippen LogP contribution in [0.2, 0.25) is 0 Å². The predicted molar refractivity (Wildman–Crippen MR) is 41.8 cm³/mol. The van der Waals surface area contributed by atoms with Crippen molar-refractivity contribution in [3.05, 3.63) is 12.3 Å². The van der Waals surface area contributed by atoms with Crippen molar-refractivity contribution in [2.45, 2.75) is 0 Å². The van der Waals surface area contributed by atoms with Crippen molar-refractivity contribution >= 4 is 11.5 Å². The second kappa shape index (κ2) is 3.16. The molecule has 0 saturated heterocycles. The number of hydrogen-bond donors (Lipinski definition) is 3. The molecule has 62 valence electrons. The first-order valence-electron chi connectivity index (χ1n) is 3.22. The summed E-state index contributed by atoms with van der Waals surface area (Å²) in [5.41, 5.74) is 11.4. The fourth-order valence-corrected chi connectivity index (χ4v) is 0.693. The summed E-state index contributed by atoms with van der Waals surface area (Å²) >= 11 is 0. The van der Waals surface area contributed by atoms with Crippen LogP contribution < -0.4 is 16.3 Å². The molecule has 0 aliphatic carbocycles. The van der Waals surface area contributed by atoms with Crippen LogP contribution in [0.25, 0.3) is 0 Å². The molecular formula is C6H11N3O2. The Morgan fingerprint density at radius 2 is 2.27 bits per heavy atom. The molecule has 0 fully saturated rings. The van der Waals surface area contributed by atoms with E-state index in [0.717, 1.165) is 0 Å². The second-order valence-corrected chi connectivity index (χ2v) is 2.04. The van der Waals surface area contributed by atoms with Crippen LogP contribution in [0.15, 0.2) is 12.3 Å². The van der Waals surface area contributed by atoms with Crippen molar-refractivity contribution in [1.82, 2.24) is 4.73 Å². The Morgan fingerprint density at radius 3 is 2.73 bits per heavy atom. The topological polar surface area (TPSA) is 86.4 Å². The Labute approximate surface area is 64.1 Å². The van der Waals surface area contributed by atoms with E-state index in [2.05, 4.69) is 0 Å². The average Bonchev–Trinajstić information content (AvgIpc) is 2.31. The lowest BCUT2D eigenvalue weighted by Gasteiger charge is -2.05. The Bertz CT molecular complexity index is 234. The highest BCUT2D eigenvalue weighted by Crippen LogP contribution is 2.12. The smallest absolute Gasteiger partial charge is 0.162 e. The van der Waals surface area contributed by atoms with Crippen LogP contribution >= 0.6 is 0 Å². The molecule has 0 unspecified atom stereocenters. The molecule has 0 aliphatic heterocycles. The fraction of sp³-hybridized carbons (Fsp3) is 0.333. The highest BCUT2D eigenvalue weighted by Gasteiger charge is 2.00. The van der Waals surface area contributed by atoms with E-state index in [1.165, 1.54) is 4.73 Å². The highest BCUT2D eigenvalue weighted by atomic mass is 16.7. The number of aliphatic hydroxyl groups is 1. The molecule has 0 saturated carbocycles. The van der Waals surface area contributed by atoms with Crippen molar-refractivity contribution in [2.75, 3.05) is 24.7 Å². The van der Waals surface area contributed by atoms with Crippen molar-refractivity contribution in [1.29, 1.82) is 0 Å². The number of rotatable bonds is 3. The summed E-state index contributed by atoms with van der Waals surface area (Å²) in [6, 6.07) is 1.63. The monoisotopic (exact) mass is 157 g/mol. The summed E-state index contributed by atoms with van der Waals surface area (Å²) in [4.78, 5) is 4.97. The number of aromatic nitrogens is 1. The van der Waals surface area contributed by atoms with Crippen molar-refractivity contribution < 1.29 is 9.94 Å². The van der Waals surface area contributed by atoms with E-state index in [-0.39, 0.29) is 13.2 Å². The summed E-state index contributed by atoms with van der Waals surface area (Å²) in [5, 5.41) is 8.41. The lowest BCUT2D eigenvalue weighted by Crippen LogP contribution is -2.16. The highest BCUT2D eigenvalue weighted by molar-refractivity contribution is 5.58. The van der Waals surface area contributed by atoms with Crippen molar-refractivity contribution in [3.8, 4) is 0 Å². The number of nitrogens with zero attached hydrogens (tertiary/aromatic N) is 1. The lowest BCUT2D eigenvalue weighted by atomic mass is 10.5. The van der Waals surface area contributed by atoms with Gasteiger partial charge < -0.3 is 21.4 Å². The van der Waals surface area contributed by atoms with Gasteiger partial charge >= 0.3 is 0 Å². The van der Waals surface area contributed by atoms with Gasteiger partial charge in [0.25, 0.3) is 0 Å². The average molecular weight is 157 g/mol. The number of anilines is 2. The van der Waals surface area contributed by atoms with Crippen molar-refractivity contribution in [2.24, 2.45) is 0 Å². The normalized spacial score (nSPS) is 9.91. The standard InChI is InChI=1S/C6H11N3O2/c7-5-1-2-9(6(5)8)11-4-3-10/h1-2,10H,3-4,7-8H2. The molecule has 1 rings (SSSR count). The number of hydrogen-bond acceptors (Lipinski definition) is 4. The number of nitrogen functional groups attached to an aromatic ring is 2. The van der Waals surface area contributed by atoms with E-state index >= 15 is 0 Å². The second-order valence-electron chi connectivity index (χ2n) is 2.04. The maximum absolute atomic E-state index is 8.41. The zero-order valence-electron chi connectivity index (χ0n) is 6.03. The van der Waals surface area contributed by atoms with Crippen LogP contribution in [0.5, 0.6) is 0 Å². The van der Waals surface area contributed by atoms with E-state index in [1.54, 1.807) is 12.3 Å². The molecule has 5 heteroatoms. The van der Waals surface area contributed by atoms with Gasteiger partial charge in [0.1, 0.15) is 6.61 Å². The van der Waals surface area contributed by atoms with Crippen LogP contribution in [0.1, 0.15) is 0 Å². The first-order chi connectivity index (χ1) is 5.25. The minimum Gasteiger partial charge on any atom is -0.410 e. The SMILES string of the molecule is Nc1ccn(OCCO)c1N. The van der Waals surface area contributed by atoms with Crippen LogP contribution in [0.3, 0.4) is 0 Å². The van der Waals surface area contributed by atoms with E-state index in [1.807, 2.05) is 0 Å². The van der Waals surface area contributed by atoms with E-state index in [4.69, 9.17) is 21.4 Å². The molecule has 0 bridgehead atoms. The molecule has 1 aromatic rings. The quantitative estimate of drug-likeness (QED) is 0.529. The van der Waals surface area contributed by atoms with Gasteiger partial charge in [0, 0.05) is 6.20 Å². The largest absolute Gasteiger partial charge is 0.410 e. The zero-order valence-corrected chi connectivity index (χ0v) is 6.03. The summed E-state index contributed by atoms with van der Waals surface area (Å²) in [7, 11) is 0. The first-order valence-corrected chi connectivity index (χ1v) is 3.22. The van der Waals surface area contributed by atoms with Gasteiger partial charge in [0.15, 0.2) is 5.82 Å². The Morgan fingerprint density at radius 1 is 1.55 bits per heavy atom. The van der Waals surface area contributed by atoms with E-state index < -0.39 is 0 Å². The van der Waals surface area contributed by atoms with Crippen LogP contribution in [-0.4, -0.2) is 23.1 Å². The molecule has 1 aromatic heterocycles. The molecule has 0 spiro atoms. The minimum absolute atomic E-state index is 0.0441. The Kier molecular flexibility index (Phi) is 2.22. The molecule has 0 atom stereocenters. The lowest BCUT2D eigenvalue weighted by molar-refractivity contribution is 0.0798. The van der Waals surface area contributed by atoms with Crippen LogP contribution in [0, 0.1) is 0 Å². The van der Waals surface area contributed by atoms with Gasteiger partial charge in [-0.2, -0.15) is 4.73 Å². The molecule has 5 N–H and O–H groups in total. The molecule has 11 heavy (non-hydrogen) atoms. The molecular weight excluding hydrogens is 146 g/mol.